The lowest BCUT2D eigenvalue weighted by molar-refractivity contribution is -0.117. The summed E-state index contributed by atoms with van der Waals surface area (Å²) in [4.78, 5) is 27.5. The highest BCUT2D eigenvalue weighted by atomic mass is 16.5. The van der Waals surface area contributed by atoms with Crippen molar-refractivity contribution in [1.29, 1.82) is 0 Å². The van der Waals surface area contributed by atoms with Gasteiger partial charge < -0.3 is 18.9 Å². The molecule has 1 saturated heterocycles. The summed E-state index contributed by atoms with van der Waals surface area (Å²) in [6.45, 7) is 4.51. The molecule has 0 radical (unpaired) electrons. The van der Waals surface area contributed by atoms with E-state index in [1.54, 1.807) is 25.7 Å². The largest absolute Gasteiger partial charge is 0.481 e. The summed E-state index contributed by atoms with van der Waals surface area (Å²) in [5.74, 6) is 1.74. The molecular formula is C22H25N6O4+. The molecule has 0 N–H and O–H groups in total. The Bertz CT molecular complexity index is 1120. The van der Waals surface area contributed by atoms with Gasteiger partial charge in [-0.3, -0.25) is 0 Å². The van der Waals surface area contributed by atoms with E-state index >= 15 is 0 Å². The zero-order valence-corrected chi connectivity index (χ0v) is 18.1. The third-order valence-electron chi connectivity index (χ3n) is 6.26. The maximum atomic E-state index is 11.9. The minimum atomic E-state index is -0.162. The van der Waals surface area contributed by atoms with Gasteiger partial charge in [0, 0.05) is 24.9 Å². The number of fused-ring (bicyclic) bond motifs is 1. The maximum Gasteiger partial charge on any atom is 0.329 e. The van der Waals surface area contributed by atoms with Gasteiger partial charge in [0.1, 0.15) is 12.9 Å². The van der Waals surface area contributed by atoms with Crippen LogP contribution in [0, 0.1) is 6.92 Å². The normalized spacial score (nSPS) is 22.4. The average Bonchev–Trinajstić information content (AvgIpc) is 3.50. The topological polar surface area (TPSA) is 103 Å². The summed E-state index contributed by atoms with van der Waals surface area (Å²) in [5.41, 5.74) is 3.97. The minimum absolute atomic E-state index is 0.0703. The second kappa shape index (κ2) is 8.19. The van der Waals surface area contributed by atoms with E-state index < -0.39 is 0 Å². The molecule has 166 valence electrons. The summed E-state index contributed by atoms with van der Waals surface area (Å²) in [6.07, 6.45) is 7.17. The average molecular weight is 437 g/mol. The Morgan fingerprint density at radius 2 is 2.19 bits per heavy atom. The molecule has 2 aliphatic heterocycles. The van der Waals surface area contributed by atoms with Crippen molar-refractivity contribution in [2.45, 2.75) is 32.4 Å². The number of hydrogen-bond donors (Lipinski definition) is 0. The number of amides is 1. The molecule has 2 atom stereocenters. The van der Waals surface area contributed by atoms with Gasteiger partial charge in [-0.1, -0.05) is 5.16 Å². The molecule has 2 unspecified atom stereocenters. The number of methoxy groups -OCH3 is 1. The number of quaternary nitrogens is 1. The van der Waals surface area contributed by atoms with Gasteiger partial charge in [0.05, 0.1) is 55.6 Å². The molecule has 2 aliphatic rings. The highest BCUT2D eigenvalue weighted by Gasteiger charge is 2.44. The quantitative estimate of drug-likeness (QED) is 0.423. The number of aromatic nitrogens is 4. The van der Waals surface area contributed by atoms with Crippen LogP contribution in [0.2, 0.25) is 0 Å². The predicted octanol–water partition coefficient (Wildman–Crippen LogP) is 2.05. The number of rotatable bonds is 6. The van der Waals surface area contributed by atoms with Crippen molar-refractivity contribution in [3.05, 3.63) is 47.7 Å². The van der Waals surface area contributed by atoms with Gasteiger partial charge in [0.2, 0.25) is 11.8 Å². The molecule has 3 aromatic rings. The number of carbonyl (C=O) groups is 1. The molecule has 1 fully saturated rings. The van der Waals surface area contributed by atoms with Crippen molar-refractivity contribution in [3.8, 4) is 11.8 Å². The van der Waals surface area contributed by atoms with E-state index in [4.69, 9.17) is 14.0 Å². The summed E-state index contributed by atoms with van der Waals surface area (Å²) in [5, 5.41) is 3.75. The van der Waals surface area contributed by atoms with Crippen molar-refractivity contribution in [2.75, 3.05) is 31.6 Å². The number of carbonyl (C=O) groups excluding carboxylic acids is 1. The summed E-state index contributed by atoms with van der Waals surface area (Å²) in [7, 11) is 1.62. The first kappa shape index (κ1) is 20.4. The van der Waals surface area contributed by atoms with Crippen molar-refractivity contribution in [2.24, 2.45) is 0 Å². The highest BCUT2D eigenvalue weighted by molar-refractivity contribution is 5.67. The van der Waals surface area contributed by atoms with Crippen LogP contribution >= 0.6 is 0 Å². The molecular weight excluding hydrogens is 412 g/mol. The lowest BCUT2D eigenvalue weighted by atomic mass is 10.1. The minimum Gasteiger partial charge on any atom is -0.481 e. The van der Waals surface area contributed by atoms with E-state index in [1.165, 1.54) is 0 Å². The van der Waals surface area contributed by atoms with E-state index in [2.05, 4.69) is 31.1 Å². The zero-order valence-electron chi connectivity index (χ0n) is 18.1. The van der Waals surface area contributed by atoms with Gasteiger partial charge in [0.15, 0.2) is 6.10 Å². The lowest BCUT2D eigenvalue weighted by Gasteiger charge is -2.31. The van der Waals surface area contributed by atoms with Crippen LogP contribution in [0.15, 0.2) is 35.4 Å². The molecule has 0 aliphatic carbocycles. The number of likely N-dealkylation sites (tertiary alicyclic amines) is 1. The molecule has 10 nitrogen and oxygen atoms in total. The SMILES string of the molecule is COc1ncc(N2CCc3ncnc(OC4CC[N+](C=O)(c5ccno5)C4)c3C2)cc1C. The Hall–Kier alpha value is -3.53. The third-order valence-corrected chi connectivity index (χ3v) is 6.26. The molecule has 32 heavy (non-hydrogen) atoms. The fourth-order valence-corrected chi connectivity index (χ4v) is 4.53. The molecule has 0 spiro atoms. The molecule has 3 aromatic heterocycles. The zero-order chi connectivity index (χ0) is 22.1. The van der Waals surface area contributed by atoms with E-state index in [-0.39, 0.29) is 10.6 Å². The van der Waals surface area contributed by atoms with Crippen molar-refractivity contribution in [1.82, 2.24) is 24.6 Å². The molecule has 1 amide bonds. The Balaban J connectivity index is 1.36. The van der Waals surface area contributed by atoms with E-state index in [9.17, 15) is 4.79 Å². The first-order valence-corrected chi connectivity index (χ1v) is 10.6. The van der Waals surface area contributed by atoms with Gasteiger partial charge >= 0.3 is 12.3 Å². The Morgan fingerprint density at radius 3 is 2.94 bits per heavy atom. The van der Waals surface area contributed by atoms with Gasteiger partial charge in [-0.15, -0.1) is 0 Å². The van der Waals surface area contributed by atoms with Crippen molar-refractivity contribution >= 4 is 18.0 Å². The number of aryl methyl sites for hydroxylation is 1. The van der Waals surface area contributed by atoms with Crippen LogP contribution in [0.3, 0.4) is 0 Å². The Labute approximate surface area is 185 Å². The fourth-order valence-electron chi connectivity index (χ4n) is 4.53. The Morgan fingerprint density at radius 1 is 1.28 bits per heavy atom. The maximum absolute atomic E-state index is 11.9. The van der Waals surface area contributed by atoms with E-state index in [1.807, 2.05) is 13.1 Å². The van der Waals surface area contributed by atoms with Crippen LogP contribution in [0.25, 0.3) is 0 Å². The molecule has 0 aromatic carbocycles. The highest BCUT2D eigenvalue weighted by Crippen LogP contribution is 2.33. The summed E-state index contributed by atoms with van der Waals surface area (Å²) >= 11 is 0. The molecule has 5 heterocycles. The van der Waals surface area contributed by atoms with Gasteiger partial charge in [-0.2, -0.15) is 4.48 Å². The summed E-state index contributed by atoms with van der Waals surface area (Å²) in [6, 6.07) is 3.80. The number of hydrogen-bond acceptors (Lipinski definition) is 9. The smallest absolute Gasteiger partial charge is 0.329 e. The second-order valence-electron chi connectivity index (χ2n) is 8.22. The monoisotopic (exact) mass is 437 g/mol. The Kier molecular flexibility index (Phi) is 5.22. The van der Waals surface area contributed by atoms with Crippen LogP contribution < -0.4 is 18.9 Å². The van der Waals surface area contributed by atoms with Crippen LogP contribution in [-0.4, -0.2) is 59.4 Å². The predicted molar refractivity (Wildman–Crippen MR) is 115 cm³/mol. The van der Waals surface area contributed by atoms with Crippen LogP contribution in [0.5, 0.6) is 11.8 Å². The van der Waals surface area contributed by atoms with Crippen LogP contribution in [-0.2, 0) is 17.8 Å². The first-order valence-electron chi connectivity index (χ1n) is 10.6. The van der Waals surface area contributed by atoms with E-state index in [0.29, 0.717) is 43.7 Å². The molecule has 10 heteroatoms. The van der Waals surface area contributed by atoms with Crippen molar-refractivity contribution in [3.63, 3.8) is 0 Å². The lowest BCUT2D eigenvalue weighted by Crippen LogP contribution is -2.46. The van der Waals surface area contributed by atoms with Gasteiger partial charge in [-0.05, 0) is 13.0 Å². The van der Waals surface area contributed by atoms with Crippen LogP contribution in [0.1, 0.15) is 23.2 Å². The standard InChI is InChI=1S/C22H25N6O4/c1-15-9-16(10-23-21(15)30-2)27-7-4-19-18(11-27)22(25-13-24-19)31-17-5-8-28(12-17,14-29)20-3-6-26-32-20/h3,6,9-10,13-14,17H,4-5,7-8,11-12H2,1-2H3/q+1. The first-order chi connectivity index (χ1) is 15.6. The number of pyridine rings is 1. The van der Waals surface area contributed by atoms with Crippen molar-refractivity contribution < 1.29 is 18.8 Å². The van der Waals surface area contributed by atoms with Crippen LogP contribution in [0.4, 0.5) is 11.6 Å². The van der Waals surface area contributed by atoms with Gasteiger partial charge in [0.25, 0.3) is 0 Å². The van der Waals surface area contributed by atoms with Gasteiger partial charge in [-0.25, -0.2) is 19.7 Å². The number of anilines is 1. The number of ether oxygens (including phenoxy) is 2. The fraction of sp³-hybridized carbons (Fsp3) is 0.409. The van der Waals surface area contributed by atoms with E-state index in [0.717, 1.165) is 41.9 Å². The molecule has 0 saturated carbocycles. The molecule has 5 rings (SSSR count). The number of nitrogens with zero attached hydrogens (tertiary/aromatic N) is 6. The third kappa shape index (κ3) is 3.56. The summed E-state index contributed by atoms with van der Waals surface area (Å²) < 4.78 is 17.0. The second-order valence-corrected chi connectivity index (χ2v) is 8.22. The molecule has 0 bridgehead atoms.